The molecule has 2 aromatic rings. The van der Waals surface area contributed by atoms with E-state index in [0.717, 1.165) is 6.21 Å². The summed E-state index contributed by atoms with van der Waals surface area (Å²) in [5.41, 5.74) is -5.42. The van der Waals surface area contributed by atoms with Crippen LogP contribution in [0, 0.1) is 0 Å². The Labute approximate surface area is 179 Å². The summed E-state index contributed by atoms with van der Waals surface area (Å²) >= 11 is 0. The quantitative estimate of drug-likeness (QED) is 0.241. The van der Waals surface area contributed by atoms with Gasteiger partial charge in [0, 0.05) is 18.0 Å². The van der Waals surface area contributed by atoms with E-state index >= 15 is 0 Å². The number of phenols is 2. The number of phenolic OH excluding ortho intramolecular Hbond substituents is 1. The smallest absolute Gasteiger partial charge is 0.340 e. The highest BCUT2D eigenvalue weighted by atomic mass is 16.4. The lowest BCUT2D eigenvalue weighted by Gasteiger charge is -2.14. The second kappa shape index (κ2) is 9.84. The largest absolute Gasteiger partial charge is 0.507 e. The van der Waals surface area contributed by atoms with Gasteiger partial charge in [0.05, 0.1) is 35.3 Å². The van der Waals surface area contributed by atoms with Gasteiger partial charge in [-0.2, -0.15) is 0 Å². The minimum Gasteiger partial charge on any atom is -0.507 e. The van der Waals surface area contributed by atoms with Gasteiger partial charge in [0.2, 0.25) is 0 Å². The fourth-order valence-electron chi connectivity index (χ4n) is 2.77. The predicted octanol–water partition coefficient (Wildman–Crippen LogP) is 1.43. The van der Waals surface area contributed by atoms with E-state index < -0.39 is 57.4 Å². The number of aromatic carboxylic acids is 4. The highest BCUT2D eigenvalue weighted by molar-refractivity contribution is 6.18. The monoisotopic (exact) mass is 444 g/mol. The van der Waals surface area contributed by atoms with Crippen LogP contribution in [0.3, 0.4) is 0 Å². The molecule has 6 N–H and O–H groups in total. The molecule has 0 aliphatic rings. The van der Waals surface area contributed by atoms with E-state index in [9.17, 15) is 49.8 Å². The molecule has 0 atom stereocenters. The average Bonchev–Trinajstić information content (AvgIpc) is 2.70. The Morgan fingerprint density at radius 3 is 1.66 bits per heavy atom. The summed E-state index contributed by atoms with van der Waals surface area (Å²) < 4.78 is 0. The summed E-state index contributed by atoms with van der Waals surface area (Å²) in [6, 6.07) is 6.35. The van der Waals surface area contributed by atoms with Crippen molar-refractivity contribution in [1.82, 2.24) is 0 Å². The Hall–Kier alpha value is -4.74. The molecule has 2 aromatic carbocycles. The zero-order valence-corrected chi connectivity index (χ0v) is 16.1. The molecule has 0 saturated heterocycles. The lowest BCUT2D eigenvalue weighted by atomic mass is 9.90. The summed E-state index contributed by atoms with van der Waals surface area (Å²) in [6.07, 6.45) is 2.09. The minimum atomic E-state index is -2.04. The number of aromatic hydroxyl groups is 2. The van der Waals surface area contributed by atoms with E-state index in [1.54, 1.807) is 18.2 Å². The minimum absolute atomic E-state index is 0.00306. The van der Waals surface area contributed by atoms with Gasteiger partial charge in [0.15, 0.2) is 0 Å². The normalized spacial score (nSPS) is 11.1. The molecule has 32 heavy (non-hydrogen) atoms. The first-order valence-corrected chi connectivity index (χ1v) is 8.71. The van der Waals surface area contributed by atoms with Crippen LogP contribution in [-0.4, -0.2) is 80.0 Å². The van der Waals surface area contributed by atoms with Gasteiger partial charge < -0.3 is 30.6 Å². The molecular weight excluding hydrogens is 428 g/mol. The molecule has 12 nitrogen and oxygen atoms in total. The van der Waals surface area contributed by atoms with Gasteiger partial charge in [-0.3, -0.25) is 9.98 Å². The highest BCUT2D eigenvalue weighted by Crippen LogP contribution is 2.33. The van der Waals surface area contributed by atoms with Crippen LogP contribution in [0.25, 0.3) is 0 Å². The number of carboxylic acid groups (broad SMARTS) is 4. The summed E-state index contributed by atoms with van der Waals surface area (Å²) in [4.78, 5) is 54.0. The summed E-state index contributed by atoms with van der Waals surface area (Å²) in [7, 11) is 0. The molecule has 0 amide bonds. The molecule has 0 spiro atoms. The second-order valence-corrected chi connectivity index (χ2v) is 6.11. The Balaban J connectivity index is 2.47. The van der Waals surface area contributed by atoms with Gasteiger partial charge in [-0.1, -0.05) is 12.1 Å². The molecule has 0 bridgehead atoms. The molecule has 0 aliphatic heterocycles. The predicted molar refractivity (Wildman–Crippen MR) is 109 cm³/mol. The van der Waals surface area contributed by atoms with Crippen molar-refractivity contribution in [2.45, 2.75) is 0 Å². The van der Waals surface area contributed by atoms with E-state index in [2.05, 4.69) is 9.98 Å². The van der Waals surface area contributed by atoms with Crippen molar-refractivity contribution in [2.24, 2.45) is 9.98 Å². The van der Waals surface area contributed by atoms with Gasteiger partial charge in [0.1, 0.15) is 17.1 Å². The number of carbonyl (C=O) groups is 4. The molecule has 0 radical (unpaired) electrons. The van der Waals surface area contributed by atoms with Gasteiger partial charge in [-0.05, 0) is 12.1 Å². The first-order valence-electron chi connectivity index (χ1n) is 8.71. The van der Waals surface area contributed by atoms with E-state index in [4.69, 9.17) is 0 Å². The molecule has 0 fully saturated rings. The van der Waals surface area contributed by atoms with Crippen molar-refractivity contribution >= 4 is 36.3 Å². The van der Waals surface area contributed by atoms with Crippen molar-refractivity contribution in [3.8, 4) is 11.5 Å². The van der Waals surface area contributed by atoms with Crippen molar-refractivity contribution in [1.29, 1.82) is 0 Å². The van der Waals surface area contributed by atoms with E-state index in [-0.39, 0.29) is 18.8 Å². The number of carboxylic acids is 4. The number of aliphatic imine (C=N–C) groups is 2. The van der Waals surface area contributed by atoms with Crippen LogP contribution in [0.4, 0.5) is 0 Å². The first-order chi connectivity index (χ1) is 15.1. The van der Waals surface area contributed by atoms with E-state index in [1.165, 1.54) is 12.3 Å². The fraction of sp³-hybridized carbons (Fsp3) is 0.100. The third kappa shape index (κ3) is 4.87. The maximum absolute atomic E-state index is 11.7. The van der Waals surface area contributed by atoms with E-state index in [0.29, 0.717) is 5.56 Å². The van der Waals surface area contributed by atoms with E-state index in [1.807, 2.05) is 0 Å². The molecule has 0 aromatic heterocycles. The Morgan fingerprint density at radius 1 is 0.688 bits per heavy atom. The number of hydrogen-bond donors (Lipinski definition) is 6. The van der Waals surface area contributed by atoms with Crippen LogP contribution in [0.5, 0.6) is 11.5 Å². The molecule has 166 valence electrons. The maximum Gasteiger partial charge on any atom is 0.340 e. The SMILES string of the molecule is O=C(O)c1c(O)c(C=NCCN=Cc2ccccc2O)c(C(=O)O)c(C(=O)O)c1C(=O)O. The number of benzene rings is 2. The molecule has 0 unspecified atom stereocenters. The number of hydrogen-bond acceptors (Lipinski definition) is 8. The molecule has 0 aliphatic carbocycles. The Kier molecular flexibility index (Phi) is 7.24. The zero-order chi connectivity index (χ0) is 24.0. The molecule has 0 heterocycles. The van der Waals surface area contributed by atoms with Crippen LogP contribution in [0.15, 0.2) is 34.3 Å². The summed E-state index contributed by atoms with van der Waals surface area (Å²) in [5.74, 6) is -9.18. The Bertz CT molecular complexity index is 1170. The van der Waals surface area contributed by atoms with Crippen molar-refractivity contribution < 1.29 is 49.8 Å². The molecule has 0 saturated carbocycles. The van der Waals surface area contributed by atoms with Crippen LogP contribution in [0.1, 0.15) is 52.6 Å². The average molecular weight is 444 g/mol. The first kappa shape index (κ1) is 23.5. The van der Waals surface area contributed by atoms with Crippen LogP contribution < -0.4 is 0 Å². The number of rotatable bonds is 9. The topological polar surface area (TPSA) is 214 Å². The third-order valence-electron chi connectivity index (χ3n) is 4.11. The number of para-hydroxylation sites is 1. The molecule has 12 heteroatoms. The highest BCUT2D eigenvalue weighted by Gasteiger charge is 2.35. The van der Waals surface area contributed by atoms with Crippen molar-refractivity contribution in [3.63, 3.8) is 0 Å². The number of nitrogens with zero attached hydrogens (tertiary/aromatic N) is 2. The lowest BCUT2D eigenvalue weighted by molar-refractivity contribution is 0.0617. The molecule has 2 rings (SSSR count). The standard InChI is InChI=1S/C20H16N2O10/c23-11-4-2-1-3-9(11)7-21-5-6-22-8-10-12(17(25)26)13(18(27)28)14(19(29)30)15(16(10)24)20(31)32/h1-4,7-8,23-24H,5-6H2,(H,25,26)(H,27,28)(H,29,30)(H,31,32). The molecular formula is C20H16N2O10. The zero-order valence-electron chi connectivity index (χ0n) is 16.1. The lowest BCUT2D eigenvalue weighted by Crippen LogP contribution is -2.22. The second-order valence-electron chi connectivity index (χ2n) is 6.11. The maximum atomic E-state index is 11.7. The fourth-order valence-corrected chi connectivity index (χ4v) is 2.77. The third-order valence-corrected chi connectivity index (χ3v) is 4.11. The van der Waals surface area contributed by atoms with Gasteiger partial charge >= 0.3 is 23.9 Å². The van der Waals surface area contributed by atoms with Gasteiger partial charge in [-0.15, -0.1) is 0 Å². The summed E-state index contributed by atoms with van der Waals surface area (Å²) in [5, 5.41) is 57.2. The Morgan fingerprint density at radius 2 is 1.16 bits per heavy atom. The van der Waals surface area contributed by atoms with Crippen molar-refractivity contribution in [3.05, 3.63) is 57.6 Å². The van der Waals surface area contributed by atoms with Gasteiger partial charge in [0.25, 0.3) is 0 Å². The van der Waals surface area contributed by atoms with Crippen LogP contribution in [0.2, 0.25) is 0 Å². The summed E-state index contributed by atoms with van der Waals surface area (Å²) in [6.45, 7) is -0.0487. The van der Waals surface area contributed by atoms with Crippen LogP contribution in [-0.2, 0) is 0 Å². The van der Waals surface area contributed by atoms with Crippen molar-refractivity contribution in [2.75, 3.05) is 13.1 Å². The van der Waals surface area contributed by atoms with Gasteiger partial charge in [-0.25, -0.2) is 19.2 Å². The van der Waals surface area contributed by atoms with Crippen LogP contribution >= 0.6 is 0 Å².